The molecule has 1 aliphatic heterocycles. The predicted octanol–water partition coefficient (Wildman–Crippen LogP) is 5.76. The fourth-order valence-electron chi connectivity index (χ4n) is 4.64. The van der Waals surface area contributed by atoms with Gasteiger partial charge in [0, 0.05) is 5.56 Å². The molecule has 0 N–H and O–H groups in total. The Kier molecular flexibility index (Phi) is 3.75. The van der Waals surface area contributed by atoms with E-state index in [0.29, 0.717) is 0 Å². The summed E-state index contributed by atoms with van der Waals surface area (Å²) in [5, 5.41) is 5.17. The minimum Gasteiger partial charge on any atom is -0.534 e. The number of hydrogen-bond acceptors (Lipinski definition) is 1. The monoisotopic (exact) mass is 380 g/mol. The van der Waals surface area contributed by atoms with Crippen molar-refractivity contribution in [2.45, 2.75) is 25.8 Å². The normalized spacial score (nSPS) is 18.2. The molecule has 0 fully saturated rings. The molecule has 0 bridgehead atoms. The zero-order valence-electron chi connectivity index (χ0n) is 16.6. The summed E-state index contributed by atoms with van der Waals surface area (Å²) in [4.78, 5) is 0. The van der Waals surface area contributed by atoms with Gasteiger partial charge in [-0.15, -0.1) is 0 Å². The van der Waals surface area contributed by atoms with E-state index in [9.17, 15) is 0 Å². The van der Waals surface area contributed by atoms with Gasteiger partial charge >= 0.3 is 8.32 Å². The van der Waals surface area contributed by atoms with Gasteiger partial charge in [0.25, 0.3) is 0 Å². The molecular formula is C26H24OSi. The molecule has 28 heavy (non-hydrogen) atoms. The van der Waals surface area contributed by atoms with Crippen molar-refractivity contribution in [2.24, 2.45) is 0 Å². The van der Waals surface area contributed by atoms with E-state index in [4.69, 9.17) is 4.43 Å². The maximum absolute atomic E-state index is 7.14. The van der Waals surface area contributed by atoms with Crippen LogP contribution in [-0.4, -0.2) is 8.32 Å². The van der Waals surface area contributed by atoms with E-state index in [1.54, 1.807) is 0 Å². The van der Waals surface area contributed by atoms with Crippen LogP contribution in [0.25, 0.3) is 21.9 Å². The summed E-state index contributed by atoms with van der Waals surface area (Å²) >= 11 is 0. The van der Waals surface area contributed by atoms with E-state index in [-0.39, 0.29) is 5.04 Å². The molecule has 1 heterocycles. The molecule has 0 radical (unpaired) electrons. The Morgan fingerprint density at radius 3 is 1.96 bits per heavy atom. The van der Waals surface area contributed by atoms with E-state index in [0.717, 1.165) is 5.75 Å². The van der Waals surface area contributed by atoms with Crippen LogP contribution in [0.5, 0.6) is 5.75 Å². The summed E-state index contributed by atoms with van der Waals surface area (Å²) in [5.74, 6) is 1.02. The number of benzene rings is 4. The highest BCUT2D eigenvalue weighted by molar-refractivity contribution is 7.01. The van der Waals surface area contributed by atoms with Crippen LogP contribution >= 0.6 is 0 Å². The first-order chi connectivity index (χ1) is 13.5. The highest BCUT2D eigenvalue weighted by atomic mass is 28.4. The number of fused-ring (bicyclic) bond motifs is 4. The van der Waals surface area contributed by atoms with Crippen LogP contribution in [0.15, 0.2) is 91.0 Å². The van der Waals surface area contributed by atoms with E-state index >= 15 is 0 Å². The summed E-state index contributed by atoms with van der Waals surface area (Å²) in [5.41, 5.74) is 2.53. The van der Waals surface area contributed by atoms with Gasteiger partial charge in [-0.25, -0.2) is 0 Å². The summed E-state index contributed by atoms with van der Waals surface area (Å²) in [6, 6.07) is 32.8. The summed E-state index contributed by atoms with van der Waals surface area (Å²) in [6.07, 6.45) is 0. The molecule has 1 atom stereocenters. The highest BCUT2D eigenvalue weighted by Gasteiger charge is 2.55. The largest absolute Gasteiger partial charge is 0.534 e. The van der Waals surface area contributed by atoms with Crippen molar-refractivity contribution in [3.05, 3.63) is 91.0 Å². The van der Waals surface area contributed by atoms with Crippen LogP contribution < -0.4 is 14.8 Å². The van der Waals surface area contributed by atoms with Crippen molar-refractivity contribution >= 4 is 29.5 Å². The lowest BCUT2D eigenvalue weighted by Gasteiger charge is -2.46. The molecule has 1 nitrogen and oxygen atoms in total. The molecule has 4 aromatic rings. The maximum Gasteiger partial charge on any atom is 0.320 e. The minimum atomic E-state index is -2.52. The minimum absolute atomic E-state index is 0.00616. The van der Waals surface area contributed by atoms with Gasteiger partial charge in [0.15, 0.2) is 0 Å². The average Bonchev–Trinajstić information content (AvgIpc) is 2.71. The average molecular weight is 381 g/mol. The Morgan fingerprint density at radius 1 is 0.643 bits per heavy atom. The third-order valence-electron chi connectivity index (χ3n) is 5.94. The first-order valence-electron chi connectivity index (χ1n) is 9.88. The lowest BCUT2D eigenvalue weighted by atomic mass is 10.00. The molecule has 5 rings (SSSR count). The molecule has 0 spiro atoms. The molecular weight excluding hydrogens is 356 g/mol. The van der Waals surface area contributed by atoms with Crippen LogP contribution in [0, 0.1) is 0 Å². The fourth-order valence-corrected chi connectivity index (χ4v) is 9.24. The third kappa shape index (κ3) is 2.38. The Labute approximate surface area is 167 Å². The van der Waals surface area contributed by atoms with Crippen LogP contribution in [0.1, 0.15) is 20.8 Å². The van der Waals surface area contributed by atoms with Crippen LogP contribution in [0.2, 0.25) is 5.04 Å². The lowest BCUT2D eigenvalue weighted by molar-refractivity contribution is 0.507. The van der Waals surface area contributed by atoms with E-state index < -0.39 is 8.32 Å². The van der Waals surface area contributed by atoms with Crippen molar-refractivity contribution in [1.29, 1.82) is 0 Å². The van der Waals surface area contributed by atoms with Crippen molar-refractivity contribution in [2.75, 3.05) is 0 Å². The van der Waals surface area contributed by atoms with Crippen molar-refractivity contribution in [3.63, 3.8) is 0 Å². The molecule has 0 aliphatic carbocycles. The molecule has 2 heteroatoms. The lowest BCUT2D eigenvalue weighted by Crippen LogP contribution is -2.70. The summed E-state index contributed by atoms with van der Waals surface area (Å²) in [6.45, 7) is 6.99. The Hall–Kier alpha value is -2.84. The summed E-state index contributed by atoms with van der Waals surface area (Å²) in [7, 11) is -2.52. The second-order valence-corrected chi connectivity index (χ2v) is 12.8. The number of hydrogen-bond donors (Lipinski definition) is 0. The molecule has 0 aromatic heterocycles. The quantitative estimate of drug-likeness (QED) is 0.382. The Bertz CT molecular complexity index is 1170. The van der Waals surface area contributed by atoms with Gasteiger partial charge in [-0.05, 0) is 43.9 Å². The van der Waals surface area contributed by atoms with Gasteiger partial charge in [-0.1, -0.05) is 99.6 Å². The van der Waals surface area contributed by atoms with Gasteiger partial charge in [-0.2, -0.15) is 0 Å². The van der Waals surface area contributed by atoms with E-state index in [1.165, 1.54) is 32.3 Å². The van der Waals surface area contributed by atoms with E-state index in [2.05, 4.69) is 112 Å². The van der Waals surface area contributed by atoms with Gasteiger partial charge in [0.05, 0.1) is 0 Å². The molecule has 4 aromatic carbocycles. The molecule has 0 saturated carbocycles. The summed E-state index contributed by atoms with van der Waals surface area (Å²) < 4.78 is 7.14. The third-order valence-corrected chi connectivity index (χ3v) is 10.9. The van der Waals surface area contributed by atoms with Crippen molar-refractivity contribution in [3.8, 4) is 16.9 Å². The molecule has 0 amide bonds. The van der Waals surface area contributed by atoms with Crippen molar-refractivity contribution < 1.29 is 4.43 Å². The molecule has 0 saturated heterocycles. The molecule has 1 aliphatic rings. The highest BCUT2D eigenvalue weighted by Crippen LogP contribution is 2.46. The van der Waals surface area contributed by atoms with Gasteiger partial charge in [0.2, 0.25) is 0 Å². The number of rotatable bonds is 1. The molecule has 138 valence electrons. The zero-order chi connectivity index (χ0) is 19.4. The maximum atomic E-state index is 7.14. The fraction of sp³-hybridized carbons (Fsp3) is 0.154. The standard InChI is InChI=1S/C26H24OSi/c1-26(2,3)28(21-13-5-4-6-14-21)25-16-10-9-15-22(25)23-17-19-11-7-8-12-20(19)18-24(23)27-28/h4-18H,1-3H3. The smallest absolute Gasteiger partial charge is 0.320 e. The van der Waals surface area contributed by atoms with Gasteiger partial charge < -0.3 is 4.43 Å². The Balaban J connectivity index is 1.88. The van der Waals surface area contributed by atoms with Crippen LogP contribution in [-0.2, 0) is 0 Å². The SMILES string of the molecule is CC(C)(C)[Si]1(c2ccccc2)Oc2cc3ccccc3cc2-c2ccccc21. The van der Waals surface area contributed by atoms with Gasteiger partial charge in [0.1, 0.15) is 5.75 Å². The van der Waals surface area contributed by atoms with Crippen LogP contribution in [0.4, 0.5) is 0 Å². The first-order valence-corrected chi connectivity index (χ1v) is 11.8. The van der Waals surface area contributed by atoms with Gasteiger partial charge in [-0.3, -0.25) is 0 Å². The zero-order valence-corrected chi connectivity index (χ0v) is 17.6. The van der Waals surface area contributed by atoms with Crippen molar-refractivity contribution in [1.82, 2.24) is 0 Å². The Morgan fingerprint density at radius 2 is 1.25 bits per heavy atom. The first kappa shape index (κ1) is 17.3. The van der Waals surface area contributed by atoms with E-state index in [1.807, 2.05) is 0 Å². The molecule has 1 unspecified atom stereocenters. The predicted molar refractivity (Wildman–Crippen MR) is 121 cm³/mol. The second kappa shape index (κ2) is 6.08. The van der Waals surface area contributed by atoms with Crippen LogP contribution in [0.3, 0.4) is 0 Å². The topological polar surface area (TPSA) is 9.23 Å². The second-order valence-electron chi connectivity index (χ2n) is 8.64.